The molecule has 1 amide bonds. The third-order valence-electron chi connectivity index (χ3n) is 5.46. The molecule has 1 heterocycles. The molecule has 0 radical (unpaired) electrons. The third kappa shape index (κ3) is 4.15. The van der Waals surface area contributed by atoms with Crippen LogP contribution in [0.15, 0.2) is 47.0 Å². The maximum atomic E-state index is 12.7. The highest BCUT2D eigenvalue weighted by Gasteiger charge is 2.23. The van der Waals surface area contributed by atoms with Crippen LogP contribution < -0.4 is 14.8 Å². The van der Waals surface area contributed by atoms with Gasteiger partial charge in [-0.25, -0.2) is 0 Å². The van der Waals surface area contributed by atoms with E-state index >= 15 is 0 Å². The molecule has 1 saturated carbocycles. The summed E-state index contributed by atoms with van der Waals surface area (Å²) in [6.07, 6.45) is 5.31. The quantitative estimate of drug-likeness (QED) is 0.623. The predicted octanol–water partition coefficient (Wildman–Crippen LogP) is 4.94. The summed E-state index contributed by atoms with van der Waals surface area (Å²) in [5, 5.41) is 7.17. The molecule has 0 atom stereocenters. The number of carbonyl (C=O) groups is 1. The minimum atomic E-state index is 0.0572. The minimum absolute atomic E-state index is 0.0572. The summed E-state index contributed by atoms with van der Waals surface area (Å²) in [5.74, 6) is 2.11. The molecule has 0 bridgehead atoms. The van der Waals surface area contributed by atoms with Gasteiger partial charge in [0.1, 0.15) is 0 Å². The lowest BCUT2D eigenvalue weighted by atomic mass is 9.88. The molecule has 156 valence electrons. The van der Waals surface area contributed by atoms with Crippen LogP contribution in [0.3, 0.4) is 0 Å². The first-order valence-electron chi connectivity index (χ1n) is 10.2. The van der Waals surface area contributed by atoms with Crippen LogP contribution in [0.4, 0.5) is 5.69 Å². The van der Waals surface area contributed by atoms with Crippen LogP contribution in [-0.4, -0.2) is 30.3 Å². The smallest absolute Gasteiger partial charge is 0.260 e. The van der Waals surface area contributed by atoms with E-state index in [0.29, 0.717) is 34.5 Å². The van der Waals surface area contributed by atoms with Crippen molar-refractivity contribution < 1.29 is 18.8 Å². The van der Waals surface area contributed by atoms with Crippen molar-refractivity contribution >= 4 is 11.6 Å². The molecule has 3 aromatic rings. The van der Waals surface area contributed by atoms with Gasteiger partial charge in [-0.2, -0.15) is 4.98 Å². The van der Waals surface area contributed by atoms with Crippen molar-refractivity contribution in [2.45, 2.75) is 32.1 Å². The molecule has 2 aromatic carbocycles. The first-order chi connectivity index (χ1) is 14.7. The van der Waals surface area contributed by atoms with Crippen molar-refractivity contribution in [1.82, 2.24) is 10.1 Å². The van der Waals surface area contributed by atoms with Gasteiger partial charge in [0.15, 0.2) is 11.5 Å². The molecule has 7 nitrogen and oxygen atoms in total. The summed E-state index contributed by atoms with van der Waals surface area (Å²) in [6.45, 7) is 0. The molecular weight excluding hydrogens is 382 g/mol. The monoisotopic (exact) mass is 407 g/mol. The number of nitrogens with zero attached hydrogens (tertiary/aromatic N) is 2. The predicted molar refractivity (Wildman–Crippen MR) is 113 cm³/mol. The van der Waals surface area contributed by atoms with E-state index in [2.05, 4.69) is 15.5 Å². The van der Waals surface area contributed by atoms with Gasteiger partial charge in [0.05, 0.1) is 25.5 Å². The molecule has 1 aliphatic rings. The van der Waals surface area contributed by atoms with Gasteiger partial charge >= 0.3 is 0 Å². The average Bonchev–Trinajstić information content (AvgIpc) is 3.29. The van der Waals surface area contributed by atoms with Gasteiger partial charge in [-0.05, 0) is 43.2 Å². The number of aromatic nitrogens is 2. The Bertz CT molecular complexity index is 1020. The van der Waals surface area contributed by atoms with Crippen LogP contribution in [0.25, 0.3) is 22.8 Å². The van der Waals surface area contributed by atoms with Crippen molar-refractivity contribution in [3.63, 3.8) is 0 Å². The fraction of sp³-hybridized carbons (Fsp3) is 0.348. The second-order valence-electron chi connectivity index (χ2n) is 7.36. The van der Waals surface area contributed by atoms with Crippen molar-refractivity contribution in [2.75, 3.05) is 19.5 Å². The lowest BCUT2D eigenvalue weighted by molar-refractivity contribution is -0.120. The van der Waals surface area contributed by atoms with Gasteiger partial charge in [0, 0.05) is 11.5 Å². The van der Waals surface area contributed by atoms with E-state index in [1.165, 1.54) is 6.42 Å². The second-order valence-corrected chi connectivity index (χ2v) is 7.36. The van der Waals surface area contributed by atoms with Gasteiger partial charge < -0.3 is 19.3 Å². The Morgan fingerprint density at radius 2 is 1.80 bits per heavy atom. The molecule has 1 aliphatic carbocycles. The summed E-state index contributed by atoms with van der Waals surface area (Å²) in [4.78, 5) is 17.2. The zero-order chi connectivity index (χ0) is 20.9. The Labute approximate surface area is 175 Å². The molecule has 4 rings (SSSR count). The lowest BCUT2D eigenvalue weighted by Gasteiger charge is -2.21. The Kier molecular flexibility index (Phi) is 5.97. The van der Waals surface area contributed by atoms with Crippen molar-refractivity contribution in [1.29, 1.82) is 0 Å². The summed E-state index contributed by atoms with van der Waals surface area (Å²) < 4.78 is 16.1. The highest BCUT2D eigenvalue weighted by molar-refractivity contribution is 5.96. The summed E-state index contributed by atoms with van der Waals surface area (Å²) in [7, 11) is 3.16. The number of hydrogen-bond donors (Lipinski definition) is 1. The van der Waals surface area contributed by atoms with E-state index in [1.54, 1.807) is 26.4 Å². The van der Waals surface area contributed by atoms with Crippen LogP contribution in [-0.2, 0) is 4.79 Å². The highest BCUT2D eigenvalue weighted by Crippen LogP contribution is 2.34. The molecule has 0 saturated heterocycles. The number of benzene rings is 2. The normalized spacial score (nSPS) is 14.3. The van der Waals surface area contributed by atoms with Gasteiger partial charge in [-0.3, -0.25) is 4.79 Å². The molecule has 30 heavy (non-hydrogen) atoms. The largest absolute Gasteiger partial charge is 0.493 e. The van der Waals surface area contributed by atoms with Gasteiger partial charge in [-0.15, -0.1) is 0 Å². The van der Waals surface area contributed by atoms with Gasteiger partial charge in [0.2, 0.25) is 11.7 Å². The SMILES string of the molecule is COc1ccc(-c2noc(-c3ccccc3NC(=O)C3CCCCC3)n2)cc1OC. The van der Waals surface area contributed by atoms with Crippen LogP contribution in [0.5, 0.6) is 11.5 Å². The topological polar surface area (TPSA) is 86.5 Å². The molecule has 0 spiro atoms. The highest BCUT2D eigenvalue weighted by atomic mass is 16.5. The first-order valence-corrected chi connectivity index (χ1v) is 10.2. The summed E-state index contributed by atoms with van der Waals surface area (Å²) >= 11 is 0. The number of anilines is 1. The van der Waals surface area contributed by atoms with Crippen molar-refractivity contribution in [3.05, 3.63) is 42.5 Å². The summed E-state index contributed by atoms with van der Waals surface area (Å²) in [6, 6.07) is 12.9. The molecule has 1 fully saturated rings. The van der Waals surface area contributed by atoms with Crippen LogP contribution >= 0.6 is 0 Å². The Morgan fingerprint density at radius 1 is 1.03 bits per heavy atom. The third-order valence-corrected chi connectivity index (χ3v) is 5.46. The number of carbonyl (C=O) groups excluding carboxylic acids is 1. The summed E-state index contributed by atoms with van der Waals surface area (Å²) in [5.41, 5.74) is 2.11. The number of hydrogen-bond acceptors (Lipinski definition) is 6. The van der Waals surface area contributed by atoms with Gasteiger partial charge in [-0.1, -0.05) is 36.6 Å². The zero-order valence-electron chi connectivity index (χ0n) is 17.2. The fourth-order valence-electron chi connectivity index (χ4n) is 3.80. The van der Waals surface area contributed by atoms with Crippen LogP contribution in [0, 0.1) is 5.92 Å². The molecule has 1 N–H and O–H groups in total. The average molecular weight is 407 g/mol. The fourth-order valence-corrected chi connectivity index (χ4v) is 3.80. The molecule has 1 aromatic heterocycles. The molecular formula is C23H25N3O4. The number of ether oxygens (including phenoxy) is 2. The van der Waals surface area contributed by atoms with E-state index in [-0.39, 0.29) is 11.8 Å². The molecule has 7 heteroatoms. The first kappa shape index (κ1) is 19.9. The number of amides is 1. The van der Waals surface area contributed by atoms with Crippen LogP contribution in [0.1, 0.15) is 32.1 Å². The Morgan fingerprint density at radius 3 is 2.57 bits per heavy atom. The standard InChI is InChI=1S/C23H25N3O4/c1-28-19-13-12-16(14-20(19)29-2)21-25-23(30-26-21)17-10-6-7-11-18(17)24-22(27)15-8-4-3-5-9-15/h6-7,10-15H,3-5,8-9H2,1-2H3,(H,24,27). The Hall–Kier alpha value is -3.35. The lowest BCUT2D eigenvalue weighted by Crippen LogP contribution is -2.24. The maximum Gasteiger partial charge on any atom is 0.260 e. The number of rotatable bonds is 6. The van der Waals surface area contributed by atoms with E-state index in [9.17, 15) is 4.79 Å². The number of nitrogens with one attached hydrogen (secondary N) is 1. The van der Waals surface area contributed by atoms with Crippen molar-refractivity contribution in [3.8, 4) is 34.3 Å². The zero-order valence-corrected chi connectivity index (χ0v) is 17.2. The minimum Gasteiger partial charge on any atom is -0.493 e. The molecule has 0 unspecified atom stereocenters. The van der Waals surface area contributed by atoms with Gasteiger partial charge in [0.25, 0.3) is 5.89 Å². The van der Waals surface area contributed by atoms with E-state index in [1.807, 2.05) is 30.3 Å². The Balaban J connectivity index is 1.59. The number of para-hydroxylation sites is 1. The van der Waals surface area contributed by atoms with Crippen LogP contribution in [0.2, 0.25) is 0 Å². The van der Waals surface area contributed by atoms with E-state index < -0.39 is 0 Å². The maximum absolute atomic E-state index is 12.7. The molecule has 0 aliphatic heterocycles. The van der Waals surface area contributed by atoms with E-state index in [4.69, 9.17) is 14.0 Å². The van der Waals surface area contributed by atoms with Crippen molar-refractivity contribution in [2.24, 2.45) is 5.92 Å². The second kappa shape index (κ2) is 8.98. The van der Waals surface area contributed by atoms with E-state index in [0.717, 1.165) is 31.2 Å². The number of methoxy groups -OCH3 is 2.